The van der Waals surface area contributed by atoms with Crippen LogP contribution < -0.4 is 5.32 Å². The molecule has 264 valence electrons. The molecule has 1 amide bonds. The zero-order valence-electron chi connectivity index (χ0n) is 29.6. The number of alkyl carbamates (subject to hydrolysis) is 1. The van der Waals surface area contributed by atoms with E-state index in [0.717, 1.165) is 16.7 Å². The summed E-state index contributed by atoms with van der Waals surface area (Å²) >= 11 is 1.74. The summed E-state index contributed by atoms with van der Waals surface area (Å²) in [5.74, 6) is -0.367. The molecule has 0 saturated carbocycles. The number of carboxylic acids is 1. The fraction of sp³-hybridized carbons (Fsp3) is 0.302. The quantitative estimate of drug-likeness (QED) is 0.128. The molecule has 51 heavy (non-hydrogen) atoms. The van der Waals surface area contributed by atoms with Crippen LogP contribution in [0.15, 0.2) is 133 Å². The van der Waals surface area contributed by atoms with Gasteiger partial charge in [-0.1, -0.05) is 133 Å². The molecule has 1 heterocycles. The SMILES string of the molecule is CC(C)(C)OC(=O)NC(CSC(c1ccccc1)(c1ccccc1)c1ccccc1)CN1CCN(Cc2cccc3ccccc23)CC1C(=O)O. The van der Waals surface area contributed by atoms with Gasteiger partial charge in [0.1, 0.15) is 11.6 Å². The van der Waals surface area contributed by atoms with Crippen molar-refractivity contribution < 1.29 is 19.4 Å². The van der Waals surface area contributed by atoms with Crippen molar-refractivity contribution in [3.63, 3.8) is 0 Å². The van der Waals surface area contributed by atoms with Gasteiger partial charge in [0.15, 0.2) is 0 Å². The largest absolute Gasteiger partial charge is 0.480 e. The number of carbonyl (C=O) groups is 2. The fourth-order valence-corrected chi connectivity index (χ4v) is 8.58. The molecule has 2 N–H and O–H groups in total. The molecule has 0 spiro atoms. The highest BCUT2D eigenvalue weighted by atomic mass is 32.2. The molecular weight excluding hydrogens is 655 g/mol. The monoisotopic (exact) mass is 701 g/mol. The molecule has 5 aromatic carbocycles. The Kier molecular flexibility index (Phi) is 11.5. The van der Waals surface area contributed by atoms with Gasteiger partial charge in [0, 0.05) is 38.5 Å². The number of thioether (sulfide) groups is 1. The number of hydrogen-bond acceptors (Lipinski definition) is 6. The predicted octanol–water partition coefficient (Wildman–Crippen LogP) is 8.03. The van der Waals surface area contributed by atoms with Crippen molar-refractivity contribution in [2.24, 2.45) is 0 Å². The fourth-order valence-electron chi connectivity index (χ4n) is 7.04. The molecule has 1 aliphatic heterocycles. The number of carbonyl (C=O) groups excluding carboxylic acids is 1. The molecule has 6 rings (SSSR count). The van der Waals surface area contributed by atoms with E-state index in [1.54, 1.807) is 11.8 Å². The van der Waals surface area contributed by atoms with E-state index in [1.165, 1.54) is 16.3 Å². The summed E-state index contributed by atoms with van der Waals surface area (Å²) in [5.41, 5.74) is 3.86. The molecule has 2 atom stereocenters. The van der Waals surface area contributed by atoms with Gasteiger partial charge in [-0.2, -0.15) is 0 Å². The Morgan fingerprint density at radius 3 is 1.90 bits per heavy atom. The number of nitrogens with one attached hydrogen (secondary N) is 1. The Labute approximate surface area is 305 Å². The van der Waals surface area contributed by atoms with Crippen LogP contribution in [-0.2, 0) is 20.8 Å². The second-order valence-electron chi connectivity index (χ2n) is 14.2. The van der Waals surface area contributed by atoms with E-state index in [-0.39, 0.29) is 0 Å². The van der Waals surface area contributed by atoms with Crippen LogP contribution in [0.1, 0.15) is 43.0 Å². The van der Waals surface area contributed by atoms with Gasteiger partial charge >= 0.3 is 12.1 Å². The molecule has 0 aliphatic carbocycles. The third-order valence-corrected chi connectivity index (χ3v) is 11.1. The first-order valence-corrected chi connectivity index (χ1v) is 18.6. The van der Waals surface area contributed by atoms with Crippen LogP contribution in [-0.4, -0.2) is 76.6 Å². The highest BCUT2D eigenvalue weighted by Gasteiger charge is 2.39. The summed E-state index contributed by atoms with van der Waals surface area (Å²) in [6, 6.07) is 44.8. The van der Waals surface area contributed by atoms with E-state index in [0.29, 0.717) is 38.5 Å². The second kappa shape index (κ2) is 16.1. The lowest BCUT2D eigenvalue weighted by atomic mass is 9.84. The summed E-state index contributed by atoms with van der Waals surface area (Å²) < 4.78 is 5.14. The van der Waals surface area contributed by atoms with Gasteiger partial charge in [0.05, 0.1) is 10.8 Å². The molecule has 0 aromatic heterocycles. The van der Waals surface area contributed by atoms with E-state index >= 15 is 0 Å². The summed E-state index contributed by atoms with van der Waals surface area (Å²) in [5, 5.41) is 16.0. The lowest BCUT2D eigenvalue weighted by Gasteiger charge is -2.42. The van der Waals surface area contributed by atoms with Crippen molar-refractivity contribution in [2.75, 3.05) is 31.9 Å². The number of hydrogen-bond donors (Lipinski definition) is 2. The van der Waals surface area contributed by atoms with Crippen LogP contribution in [0.2, 0.25) is 0 Å². The maximum absolute atomic E-state index is 13.3. The lowest BCUT2D eigenvalue weighted by Crippen LogP contribution is -2.59. The van der Waals surface area contributed by atoms with Gasteiger partial charge in [-0.05, 0) is 53.8 Å². The number of ether oxygens (including phenoxy) is 1. The minimum Gasteiger partial charge on any atom is -0.480 e. The second-order valence-corrected chi connectivity index (χ2v) is 15.4. The van der Waals surface area contributed by atoms with Crippen molar-refractivity contribution in [3.8, 4) is 0 Å². The zero-order chi connectivity index (χ0) is 35.8. The number of piperazine rings is 1. The van der Waals surface area contributed by atoms with Crippen LogP contribution >= 0.6 is 11.8 Å². The highest BCUT2D eigenvalue weighted by Crippen LogP contribution is 2.48. The number of aliphatic carboxylic acids is 1. The predicted molar refractivity (Wildman–Crippen MR) is 207 cm³/mol. The maximum atomic E-state index is 13.3. The van der Waals surface area contributed by atoms with Gasteiger partial charge in [0.2, 0.25) is 0 Å². The lowest BCUT2D eigenvalue weighted by molar-refractivity contribution is -0.146. The van der Waals surface area contributed by atoms with Crippen LogP contribution in [0, 0.1) is 0 Å². The smallest absolute Gasteiger partial charge is 0.407 e. The average molecular weight is 702 g/mol. The Morgan fingerprint density at radius 1 is 0.784 bits per heavy atom. The normalized spacial score (nSPS) is 16.4. The number of rotatable bonds is 12. The Hall–Kier alpha value is -4.63. The van der Waals surface area contributed by atoms with E-state index in [9.17, 15) is 14.7 Å². The van der Waals surface area contributed by atoms with Gasteiger partial charge in [-0.25, -0.2) is 4.79 Å². The van der Waals surface area contributed by atoms with E-state index in [4.69, 9.17) is 4.74 Å². The number of nitrogens with zero attached hydrogens (tertiary/aromatic N) is 2. The summed E-state index contributed by atoms with van der Waals surface area (Å²) in [7, 11) is 0. The zero-order valence-corrected chi connectivity index (χ0v) is 30.4. The van der Waals surface area contributed by atoms with E-state index in [2.05, 4.69) is 113 Å². The first-order valence-electron chi connectivity index (χ1n) is 17.6. The van der Waals surface area contributed by atoms with E-state index in [1.807, 2.05) is 56.0 Å². The van der Waals surface area contributed by atoms with Crippen molar-refractivity contribution >= 4 is 34.6 Å². The van der Waals surface area contributed by atoms with Crippen LogP contribution in [0.3, 0.4) is 0 Å². The van der Waals surface area contributed by atoms with Crippen LogP contribution in [0.5, 0.6) is 0 Å². The number of amides is 1. The van der Waals surface area contributed by atoms with E-state index < -0.39 is 34.5 Å². The summed E-state index contributed by atoms with van der Waals surface area (Å²) in [6.45, 7) is 8.21. The van der Waals surface area contributed by atoms with Crippen molar-refractivity contribution in [3.05, 3.63) is 156 Å². The molecule has 2 unspecified atom stereocenters. The topological polar surface area (TPSA) is 82.1 Å². The van der Waals surface area contributed by atoms with Crippen molar-refractivity contribution in [1.82, 2.24) is 15.1 Å². The van der Waals surface area contributed by atoms with Crippen molar-refractivity contribution in [1.29, 1.82) is 0 Å². The van der Waals surface area contributed by atoms with Gasteiger partial charge < -0.3 is 15.2 Å². The minimum atomic E-state index is -0.867. The highest BCUT2D eigenvalue weighted by molar-refractivity contribution is 8.00. The van der Waals surface area contributed by atoms with Gasteiger partial charge in [0.25, 0.3) is 0 Å². The molecule has 0 bridgehead atoms. The number of benzene rings is 5. The van der Waals surface area contributed by atoms with Crippen LogP contribution in [0.4, 0.5) is 4.79 Å². The average Bonchev–Trinajstić information content (AvgIpc) is 3.13. The standard InChI is InChI=1S/C43H47N3O4S/c1-42(2,3)50-41(49)44-37(29-46-27-26-45(30-39(46)40(47)48)28-33-18-15-17-32-16-13-14-25-38(32)33)31-51-43(34-19-7-4-8-20-34,35-21-9-5-10-22-35)36-23-11-6-12-24-36/h4-25,37,39H,26-31H2,1-3H3,(H,44,49)(H,47,48). The summed E-state index contributed by atoms with van der Waals surface area (Å²) in [4.78, 5) is 30.4. The Morgan fingerprint density at radius 2 is 1.33 bits per heavy atom. The van der Waals surface area contributed by atoms with Crippen LogP contribution in [0.25, 0.3) is 10.8 Å². The van der Waals surface area contributed by atoms with Crippen molar-refractivity contribution in [2.45, 2.75) is 49.7 Å². The third-order valence-electron chi connectivity index (χ3n) is 9.35. The molecule has 1 aliphatic rings. The first-order chi connectivity index (χ1) is 24.6. The molecule has 5 aromatic rings. The molecule has 1 fully saturated rings. The summed E-state index contributed by atoms with van der Waals surface area (Å²) in [6.07, 6.45) is -0.515. The molecule has 0 radical (unpaired) electrons. The molecule has 1 saturated heterocycles. The third kappa shape index (κ3) is 8.82. The molecule has 8 heteroatoms. The maximum Gasteiger partial charge on any atom is 0.407 e. The van der Waals surface area contributed by atoms with Gasteiger partial charge in [-0.3, -0.25) is 14.6 Å². The van der Waals surface area contributed by atoms with Gasteiger partial charge in [-0.15, -0.1) is 11.8 Å². The minimum absolute atomic E-state index is 0.361. The number of fused-ring (bicyclic) bond motifs is 1. The Bertz CT molecular complexity index is 1800. The Balaban J connectivity index is 1.28. The molecule has 7 nitrogen and oxygen atoms in total. The number of carboxylic acid groups (broad SMARTS) is 1. The molecular formula is C43H47N3O4S. The first kappa shape index (κ1) is 36.2.